The first-order valence-electron chi connectivity index (χ1n) is 10.3. The quantitative estimate of drug-likeness (QED) is 0.278. The summed E-state index contributed by atoms with van der Waals surface area (Å²) in [4.78, 5) is 32.7. The summed E-state index contributed by atoms with van der Waals surface area (Å²) in [6, 6.07) is -0.00248. The van der Waals surface area contributed by atoms with Gasteiger partial charge in [0.05, 0.1) is 0 Å². The molecule has 0 aromatic carbocycles. The fraction of sp³-hybridized carbons (Fsp3) is 0.609. The van der Waals surface area contributed by atoms with Crippen molar-refractivity contribution in [2.75, 3.05) is 19.6 Å². The second-order valence-electron chi connectivity index (χ2n) is 8.30. The fourth-order valence-electron chi connectivity index (χ4n) is 3.30. The fourth-order valence-corrected chi connectivity index (χ4v) is 3.30. The normalized spacial score (nSPS) is 20.1. The molecule has 0 saturated carbocycles. The Morgan fingerprint density at radius 2 is 1.90 bits per heavy atom. The Labute approximate surface area is 176 Å². The van der Waals surface area contributed by atoms with Gasteiger partial charge < -0.3 is 14.5 Å². The molecule has 1 fully saturated rings. The van der Waals surface area contributed by atoms with Gasteiger partial charge in [-0.1, -0.05) is 19.1 Å². The van der Waals surface area contributed by atoms with E-state index in [2.05, 4.69) is 16.8 Å². The second kappa shape index (κ2) is 11.0. The van der Waals surface area contributed by atoms with Gasteiger partial charge in [0, 0.05) is 54.4 Å². The Balaban J connectivity index is 3.14. The van der Waals surface area contributed by atoms with Crippen LogP contribution in [-0.4, -0.2) is 59.2 Å². The highest BCUT2D eigenvalue weighted by atomic mass is 16.6. The predicted octanol–water partition coefficient (Wildman–Crippen LogP) is 4.73. The molecule has 1 heterocycles. The third-order valence-electron chi connectivity index (χ3n) is 4.79. The van der Waals surface area contributed by atoms with Crippen LogP contribution in [0.15, 0.2) is 40.2 Å². The number of allylic oxidation sites excluding steroid dienone is 5. The van der Waals surface area contributed by atoms with Crippen LogP contribution >= 0.6 is 0 Å². The van der Waals surface area contributed by atoms with Crippen molar-refractivity contribution in [3.8, 4) is 0 Å². The molecule has 0 bridgehead atoms. The number of carbonyl (C=O) groups is 2. The van der Waals surface area contributed by atoms with E-state index in [1.165, 1.54) is 0 Å². The molecular weight excluding hydrogens is 366 g/mol. The first-order valence-corrected chi connectivity index (χ1v) is 10.3. The molecule has 0 radical (unpaired) electrons. The van der Waals surface area contributed by atoms with Crippen LogP contribution in [0.1, 0.15) is 61.8 Å². The summed E-state index contributed by atoms with van der Waals surface area (Å²) in [5.41, 5.74) is 2.75. The monoisotopic (exact) mass is 403 g/mol. The number of aliphatic imine (C=N–C) groups is 1. The van der Waals surface area contributed by atoms with Crippen LogP contribution < -0.4 is 0 Å². The molecule has 1 unspecified atom stereocenters. The molecule has 1 atom stereocenters. The zero-order valence-corrected chi connectivity index (χ0v) is 19.3. The van der Waals surface area contributed by atoms with Gasteiger partial charge in [-0.05, 0) is 54.9 Å². The van der Waals surface area contributed by atoms with Gasteiger partial charge in [-0.15, -0.1) is 0 Å². The maximum absolute atomic E-state index is 12.5. The molecule has 1 rings (SSSR count). The average Bonchev–Trinajstić information content (AvgIpc) is 2.63. The van der Waals surface area contributed by atoms with Gasteiger partial charge in [0.25, 0.3) is 0 Å². The number of rotatable bonds is 6. The minimum Gasteiger partial charge on any atom is -0.444 e. The third kappa shape index (κ3) is 7.18. The number of aldehydes is 1. The Kier molecular flexibility index (Phi) is 9.34. The van der Waals surface area contributed by atoms with Crippen molar-refractivity contribution in [2.45, 2.75) is 73.5 Å². The Hall–Kier alpha value is -2.37. The molecular formula is C23H37N3O3. The molecule has 6 nitrogen and oxygen atoms in total. The highest BCUT2D eigenvalue weighted by Gasteiger charge is 2.31. The molecule has 1 saturated heterocycles. The molecule has 0 N–H and O–H groups in total. The smallest absolute Gasteiger partial charge is 0.410 e. The minimum atomic E-state index is -0.513. The number of carbonyl (C=O) groups excluding carboxylic acids is 2. The Morgan fingerprint density at radius 1 is 1.24 bits per heavy atom. The summed E-state index contributed by atoms with van der Waals surface area (Å²) in [7, 11) is 0. The SMILES string of the molecule is C\C=C(C=O)/C(C(/C)=N/C=C/CC)=C(/C)N1CCN(C(=O)OC(C)(C)C)C(C)C1. The van der Waals surface area contributed by atoms with Crippen molar-refractivity contribution >= 4 is 18.1 Å². The maximum Gasteiger partial charge on any atom is 0.410 e. The van der Waals surface area contributed by atoms with E-state index in [1.54, 1.807) is 11.1 Å². The largest absolute Gasteiger partial charge is 0.444 e. The molecule has 0 aliphatic carbocycles. The molecule has 0 aromatic rings. The van der Waals surface area contributed by atoms with E-state index in [0.717, 1.165) is 29.7 Å². The first-order chi connectivity index (χ1) is 13.6. The van der Waals surface area contributed by atoms with Crippen LogP contribution in [0.5, 0.6) is 0 Å². The summed E-state index contributed by atoms with van der Waals surface area (Å²) < 4.78 is 5.53. The van der Waals surface area contributed by atoms with E-state index in [4.69, 9.17) is 4.74 Å². The van der Waals surface area contributed by atoms with E-state index in [9.17, 15) is 9.59 Å². The van der Waals surface area contributed by atoms with Crippen molar-refractivity contribution in [2.24, 2.45) is 4.99 Å². The van der Waals surface area contributed by atoms with Gasteiger partial charge in [0.1, 0.15) is 11.9 Å². The molecule has 162 valence electrons. The van der Waals surface area contributed by atoms with Crippen LogP contribution in [-0.2, 0) is 9.53 Å². The van der Waals surface area contributed by atoms with Crippen LogP contribution in [0.4, 0.5) is 4.79 Å². The molecule has 0 aromatic heterocycles. The third-order valence-corrected chi connectivity index (χ3v) is 4.79. The molecule has 0 spiro atoms. The number of piperazine rings is 1. The zero-order valence-electron chi connectivity index (χ0n) is 19.3. The zero-order chi connectivity index (χ0) is 22.2. The van der Waals surface area contributed by atoms with Crippen molar-refractivity contribution in [3.05, 3.63) is 35.2 Å². The van der Waals surface area contributed by atoms with Gasteiger partial charge in [-0.25, -0.2) is 4.79 Å². The average molecular weight is 404 g/mol. The van der Waals surface area contributed by atoms with Crippen LogP contribution in [0.25, 0.3) is 0 Å². The second-order valence-corrected chi connectivity index (χ2v) is 8.30. The van der Waals surface area contributed by atoms with Crippen LogP contribution in [0, 0.1) is 0 Å². The van der Waals surface area contributed by atoms with Crippen molar-refractivity contribution in [1.82, 2.24) is 9.80 Å². The Bertz CT molecular complexity index is 711. The topological polar surface area (TPSA) is 62.2 Å². The number of hydrogen-bond donors (Lipinski definition) is 0. The summed E-state index contributed by atoms with van der Waals surface area (Å²) in [5, 5.41) is 0. The van der Waals surface area contributed by atoms with E-state index in [-0.39, 0.29) is 12.1 Å². The van der Waals surface area contributed by atoms with Crippen LogP contribution in [0.3, 0.4) is 0 Å². The van der Waals surface area contributed by atoms with Gasteiger partial charge >= 0.3 is 6.09 Å². The number of ether oxygens (including phenoxy) is 1. The lowest BCUT2D eigenvalue weighted by molar-refractivity contribution is -0.104. The number of amides is 1. The standard InChI is InChI=1S/C23H37N3O3/c1-9-11-12-24-18(4)21(20(10-2)16-27)19(5)25-13-14-26(17(3)15-25)22(28)29-23(6,7)8/h10-12,16-17H,9,13-15H2,1-8H3/b12-11+,20-10-,21-19-,24-18+. The van der Waals surface area contributed by atoms with Gasteiger partial charge in [-0.3, -0.25) is 9.79 Å². The minimum absolute atomic E-state index is 0.00248. The highest BCUT2D eigenvalue weighted by molar-refractivity contribution is 6.08. The van der Waals surface area contributed by atoms with Gasteiger partial charge in [0.2, 0.25) is 0 Å². The summed E-state index contributed by atoms with van der Waals surface area (Å²) in [6.45, 7) is 17.4. The van der Waals surface area contributed by atoms with Crippen molar-refractivity contribution in [3.63, 3.8) is 0 Å². The van der Waals surface area contributed by atoms with Crippen LogP contribution in [0.2, 0.25) is 0 Å². The van der Waals surface area contributed by atoms with Gasteiger partial charge in [0.15, 0.2) is 0 Å². The molecule has 1 amide bonds. The van der Waals surface area contributed by atoms with E-state index in [0.29, 0.717) is 25.2 Å². The van der Waals surface area contributed by atoms with E-state index < -0.39 is 5.60 Å². The lowest BCUT2D eigenvalue weighted by Gasteiger charge is -2.42. The molecule has 29 heavy (non-hydrogen) atoms. The molecule has 1 aliphatic rings. The maximum atomic E-state index is 12.5. The summed E-state index contributed by atoms with van der Waals surface area (Å²) in [5.74, 6) is 0. The van der Waals surface area contributed by atoms with Gasteiger partial charge in [-0.2, -0.15) is 0 Å². The van der Waals surface area contributed by atoms with Crippen molar-refractivity contribution in [1.29, 1.82) is 0 Å². The lowest BCUT2D eigenvalue weighted by atomic mass is 9.99. The summed E-state index contributed by atoms with van der Waals surface area (Å²) in [6.07, 6.45) is 7.08. The first kappa shape index (κ1) is 24.7. The number of hydrogen-bond acceptors (Lipinski definition) is 5. The summed E-state index contributed by atoms with van der Waals surface area (Å²) >= 11 is 0. The molecule has 1 aliphatic heterocycles. The van der Waals surface area contributed by atoms with Crippen molar-refractivity contribution < 1.29 is 14.3 Å². The van der Waals surface area contributed by atoms with E-state index >= 15 is 0 Å². The molecule has 6 heteroatoms. The van der Waals surface area contributed by atoms with E-state index in [1.807, 2.05) is 60.6 Å². The highest BCUT2D eigenvalue weighted by Crippen LogP contribution is 2.23. The lowest BCUT2D eigenvalue weighted by Crippen LogP contribution is -2.54. The Morgan fingerprint density at radius 3 is 2.38 bits per heavy atom. The number of nitrogens with zero attached hydrogens (tertiary/aromatic N) is 3. The predicted molar refractivity (Wildman–Crippen MR) is 119 cm³/mol.